The number of rotatable bonds is 4. The van der Waals surface area contributed by atoms with Gasteiger partial charge in [-0.25, -0.2) is 0 Å². The molecule has 1 aliphatic heterocycles. The molecule has 1 N–H and O–H groups in total. The third kappa shape index (κ3) is 4.93. The van der Waals surface area contributed by atoms with Gasteiger partial charge in [0.15, 0.2) is 0 Å². The molecule has 1 atom stereocenters. The van der Waals surface area contributed by atoms with Crippen molar-refractivity contribution in [3.63, 3.8) is 0 Å². The minimum absolute atomic E-state index is 0.309. The lowest BCUT2D eigenvalue weighted by Crippen LogP contribution is -2.41. The minimum Gasteiger partial charge on any atom is -0.384 e. The molecule has 1 aromatic rings. The Morgan fingerprint density at radius 2 is 1.65 bits per heavy atom. The standard InChI is InChI=1S/C17H25F3N2O/c1-3-21-8-5-9-22(11-10-21)13-16(2,23)14-6-4-7-15(12-14)17(18,19)20/h4,6-7,12,23H,3,5,8-11,13H2,1-2H3. The fourth-order valence-corrected chi connectivity index (χ4v) is 3.06. The van der Waals surface area contributed by atoms with E-state index >= 15 is 0 Å². The van der Waals surface area contributed by atoms with Crippen LogP contribution in [0.4, 0.5) is 13.2 Å². The van der Waals surface area contributed by atoms with Gasteiger partial charge in [-0.3, -0.25) is 4.90 Å². The van der Waals surface area contributed by atoms with E-state index in [0.717, 1.165) is 51.3 Å². The fourth-order valence-electron chi connectivity index (χ4n) is 3.06. The second-order valence-electron chi connectivity index (χ2n) is 6.42. The van der Waals surface area contributed by atoms with E-state index < -0.39 is 17.3 Å². The first-order valence-corrected chi connectivity index (χ1v) is 8.07. The molecule has 0 aliphatic carbocycles. The summed E-state index contributed by atoms with van der Waals surface area (Å²) in [7, 11) is 0. The highest BCUT2D eigenvalue weighted by Crippen LogP contribution is 2.32. The summed E-state index contributed by atoms with van der Waals surface area (Å²) in [6.07, 6.45) is -3.39. The molecule has 2 rings (SSSR count). The first-order valence-electron chi connectivity index (χ1n) is 8.07. The molecule has 0 amide bonds. The summed E-state index contributed by atoms with van der Waals surface area (Å²) in [5.74, 6) is 0. The van der Waals surface area contributed by atoms with Crippen LogP contribution in [0.25, 0.3) is 0 Å². The van der Waals surface area contributed by atoms with E-state index in [1.807, 2.05) is 0 Å². The van der Waals surface area contributed by atoms with Crippen molar-refractivity contribution in [3.05, 3.63) is 35.4 Å². The van der Waals surface area contributed by atoms with Crippen LogP contribution in [-0.4, -0.2) is 54.2 Å². The SMILES string of the molecule is CCN1CCCN(CC(C)(O)c2cccc(C(F)(F)F)c2)CC1. The van der Waals surface area contributed by atoms with Gasteiger partial charge in [-0.05, 0) is 50.7 Å². The van der Waals surface area contributed by atoms with E-state index in [4.69, 9.17) is 0 Å². The summed E-state index contributed by atoms with van der Waals surface area (Å²) in [6.45, 7) is 8.67. The van der Waals surface area contributed by atoms with Crippen molar-refractivity contribution < 1.29 is 18.3 Å². The largest absolute Gasteiger partial charge is 0.416 e. The molecule has 1 aromatic carbocycles. The quantitative estimate of drug-likeness (QED) is 0.919. The zero-order chi connectivity index (χ0) is 17.1. The van der Waals surface area contributed by atoms with E-state index in [1.54, 1.807) is 13.0 Å². The maximum Gasteiger partial charge on any atom is 0.416 e. The second kappa shape index (κ2) is 7.20. The molecule has 1 saturated heterocycles. The van der Waals surface area contributed by atoms with Gasteiger partial charge in [0.2, 0.25) is 0 Å². The highest BCUT2D eigenvalue weighted by atomic mass is 19.4. The van der Waals surface area contributed by atoms with Crippen molar-refractivity contribution >= 4 is 0 Å². The number of halogens is 3. The van der Waals surface area contributed by atoms with Crippen molar-refractivity contribution in [2.24, 2.45) is 0 Å². The molecular weight excluding hydrogens is 305 g/mol. The highest BCUT2D eigenvalue weighted by molar-refractivity contribution is 5.29. The van der Waals surface area contributed by atoms with E-state index in [9.17, 15) is 18.3 Å². The predicted molar refractivity (Wildman–Crippen MR) is 84.2 cm³/mol. The highest BCUT2D eigenvalue weighted by Gasteiger charge is 2.33. The number of benzene rings is 1. The van der Waals surface area contributed by atoms with Gasteiger partial charge >= 0.3 is 6.18 Å². The third-order valence-corrected chi connectivity index (χ3v) is 4.47. The molecule has 130 valence electrons. The van der Waals surface area contributed by atoms with E-state index in [1.165, 1.54) is 6.07 Å². The van der Waals surface area contributed by atoms with Crippen LogP contribution in [0.15, 0.2) is 24.3 Å². The summed E-state index contributed by atoms with van der Waals surface area (Å²) in [5.41, 5.74) is -1.71. The van der Waals surface area contributed by atoms with Crippen LogP contribution in [0.1, 0.15) is 31.4 Å². The van der Waals surface area contributed by atoms with Crippen LogP contribution in [0.5, 0.6) is 0 Å². The first-order chi connectivity index (χ1) is 10.7. The molecule has 0 saturated carbocycles. The normalized spacial score (nSPS) is 21.0. The molecule has 0 bridgehead atoms. The number of alkyl halides is 3. The third-order valence-electron chi connectivity index (χ3n) is 4.47. The summed E-state index contributed by atoms with van der Waals surface area (Å²) in [5, 5.41) is 10.7. The average molecular weight is 330 g/mol. The Morgan fingerprint density at radius 1 is 1.04 bits per heavy atom. The number of hydrogen-bond acceptors (Lipinski definition) is 3. The number of hydrogen-bond donors (Lipinski definition) is 1. The second-order valence-corrected chi connectivity index (χ2v) is 6.42. The fraction of sp³-hybridized carbons (Fsp3) is 0.647. The van der Waals surface area contributed by atoms with Crippen molar-refractivity contribution in [1.82, 2.24) is 9.80 Å². The van der Waals surface area contributed by atoms with Gasteiger partial charge in [-0.2, -0.15) is 13.2 Å². The first kappa shape index (κ1) is 18.2. The smallest absolute Gasteiger partial charge is 0.384 e. The summed E-state index contributed by atoms with van der Waals surface area (Å²) in [6, 6.07) is 5.00. The molecule has 0 aromatic heterocycles. The molecule has 0 spiro atoms. The zero-order valence-electron chi connectivity index (χ0n) is 13.7. The van der Waals surface area contributed by atoms with Gasteiger partial charge in [-0.15, -0.1) is 0 Å². The van der Waals surface area contributed by atoms with Gasteiger partial charge in [0.25, 0.3) is 0 Å². The number of likely N-dealkylation sites (N-methyl/N-ethyl adjacent to an activating group) is 1. The van der Waals surface area contributed by atoms with Crippen LogP contribution >= 0.6 is 0 Å². The lowest BCUT2D eigenvalue weighted by molar-refractivity contribution is -0.137. The van der Waals surface area contributed by atoms with Crippen molar-refractivity contribution in [1.29, 1.82) is 0 Å². The van der Waals surface area contributed by atoms with Crippen LogP contribution in [0.3, 0.4) is 0 Å². The van der Waals surface area contributed by atoms with Crippen LogP contribution in [-0.2, 0) is 11.8 Å². The Kier molecular flexibility index (Phi) is 5.70. The Morgan fingerprint density at radius 3 is 2.30 bits per heavy atom. The molecule has 1 aliphatic rings. The average Bonchev–Trinajstić information content (AvgIpc) is 2.71. The topological polar surface area (TPSA) is 26.7 Å². The monoisotopic (exact) mass is 330 g/mol. The summed E-state index contributed by atoms with van der Waals surface area (Å²) < 4.78 is 38.6. The maximum absolute atomic E-state index is 12.9. The molecule has 23 heavy (non-hydrogen) atoms. The van der Waals surface area contributed by atoms with Gasteiger partial charge in [-0.1, -0.05) is 19.1 Å². The maximum atomic E-state index is 12.9. The molecule has 1 heterocycles. The van der Waals surface area contributed by atoms with Crippen LogP contribution < -0.4 is 0 Å². The van der Waals surface area contributed by atoms with Crippen LogP contribution in [0, 0.1) is 0 Å². The number of aliphatic hydroxyl groups is 1. The van der Waals surface area contributed by atoms with E-state index in [2.05, 4.69) is 16.7 Å². The molecule has 1 fully saturated rings. The zero-order valence-corrected chi connectivity index (χ0v) is 13.7. The van der Waals surface area contributed by atoms with Gasteiger partial charge in [0.1, 0.15) is 0 Å². The van der Waals surface area contributed by atoms with Gasteiger partial charge in [0, 0.05) is 19.6 Å². The lowest BCUT2D eigenvalue weighted by atomic mass is 9.93. The summed E-state index contributed by atoms with van der Waals surface area (Å²) >= 11 is 0. The van der Waals surface area contributed by atoms with Crippen LogP contribution in [0.2, 0.25) is 0 Å². The Bertz CT molecular complexity index is 517. The molecular formula is C17H25F3N2O. The molecule has 0 radical (unpaired) electrons. The molecule has 6 heteroatoms. The molecule has 3 nitrogen and oxygen atoms in total. The lowest BCUT2D eigenvalue weighted by Gasteiger charge is -2.31. The van der Waals surface area contributed by atoms with Gasteiger partial charge in [0.05, 0.1) is 11.2 Å². The van der Waals surface area contributed by atoms with E-state index in [-0.39, 0.29) is 0 Å². The summed E-state index contributed by atoms with van der Waals surface area (Å²) in [4.78, 5) is 4.48. The number of β-amino-alcohol motifs (C(OH)–C–C–N with tert-alkyl or cyclic N) is 1. The minimum atomic E-state index is -4.39. The van der Waals surface area contributed by atoms with Crippen molar-refractivity contribution in [3.8, 4) is 0 Å². The Balaban J connectivity index is 2.09. The predicted octanol–water partition coefficient (Wildman–Crippen LogP) is 2.94. The van der Waals surface area contributed by atoms with Crippen molar-refractivity contribution in [2.45, 2.75) is 32.0 Å². The molecule has 1 unspecified atom stereocenters. The van der Waals surface area contributed by atoms with Crippen molar-refractivity contribution in [2.75, 3.05) is 39.3 Å². The number of nitrogens with zero attached hydrogens (tertiary/aromatic N) is 2. The van der Waals surface area contributed by atoms with Gasteiger partial charge < -0.3 is 10.0 Å². The Hall–Kier alpha value is -1.11. The van der Waals surface area contributed by atoms with E-state index in [0.29, 0.717) is 12.1 Å². The Labute approximate surface area is 135 Å².